The molecule has 18 heavy (non-hydrogen) atoms. The third-order valence-electron chi connectivity index (χ3n) is 3.99. The molecule has 0 bridgehead atoms. The van der Waals surface area contributed by atoms with Gasteiger partial charge in [-0.15, -0.1) is 0 Å². The molecule has 1 aliphatic rings. The Hall–Kier alpha value is -1.38. The largest absolute Gasteiger partial charge is 0.379 e. The molecule has 1 heterocycles. The highest BCUT2D eigenvalue weighted by molar-refractivity contribution is 5.84. The van der Waals surface area contributed by atoms with Crippen LogP contribution in [0.15, 0.2) is 36.4 Å². The average Bonchev–Trinajstić information content (AvgIpc) is 2.33. The van der Waals surface area contributed by atoms with E-state index in [2.05, 4.69) is 43.3 Å². The quantitative estimate of drug-likeness (QED) is 0.896. The minimum Gasteiger partial charge on any atom is -0.379 e. The number of nitrogens with two attached hydrogens (primary N) is 1. The van der Waals surface area contributed by atoms with E-state index >= 15 is 0 Å². The summed E-state index contributed by atoms with van der Waals surface area (Å²) in [5.41, 5.74) is 8.57. The standard InChI is InChI=1S/C16H19NO/c1-12-2-3-14-9-15(5-4-13(14)8-12)16(6-7-17)10-18-11-16/h2-5,8-9H,6-7,10-11,17H2,1H3. The predicted octanol–water partition coefficient (Wildman–Crippen LogP) is 2.77. The summed E-state index contributed by atoms with van der Waals surface area (Å²) in [5, 5.41) is 2.61. The van der Waals surface area contributed by atoms with E-state index in [0.717, 1.165) is 26.2 Å². The summed E-state index contributed by atoms with van der Waals surface area (Å²) in [7, 11) is 0. The van der Waals surface area contributed by atoms with Gasteiger partial charge < -0.3 is 10.5 Å². The zero-order valence-corrected chi connectivity index (χ0v) is 10.8. The molecule has 2 nitrogen and oxygen atoms in total. The van der Waals surface area contributed by atoms with Crippen LogP contribution < -0.4 is 5.73 Å². The molecule has 0 atom stereocenters. The first-order chi connectivity index (χ1) is 8.73. The number of hydrogen-bond acceptors (Lipinski definition) is 2. The summed E-state index contributed by atoms with van der Waals surface area (Å²) < 4.78 is 5.42. The van der Waals surface area contributed by atoms with E-state index in [0.29, 0.717) is 0 Å². The molecule has 0 spiro atoms. The van der Waals surface area contributed by atoms with E-state index in [-0.39, 0.29) is 5.41 Å². The van der Waals surface area contributed by atoms with Crippen LogP contribution in [-0.2, 0) is 10.2 Å². The van der Waals surface area contributed by atoms with Gasteiger partial charge in [-0.2, -0.15) is 0 Å². The van der Waals surface area contributed by atoms with Crippen molar-refractivity contribution in [3.05, 3.63) is 47.5 Å². The number of ether oxygens (including phenoxy) is 1. The summed E-state index contributed by atoms with van der Waals surface area (Å²) in [6, 6.07) is 13.3. The fraction of sp³-hybridized carbons (Fsp3) is 0.375. The number of rotatable bonds is 3. The Bertz CT molecular complexity index is 572. The van der Waals surface area contributed by atoms with Gasteiger partial charge in [0.15, 0.2) is 0 Å². The molecule has 0 saturated carbocycles. The first kappa shape index (κ1) is 11.7. The van der Waals surface area contributed by atoms with Crippen molar-refractivity contribution < 1.29 is 4.74 Å². The summed E-state index contributed by atoms with van der Waals surface area (Å²) in [6.07, 6.45) is 1.00. The average molecular weight is 241 g/mol. The Morgan fingerprint density at radius 2 is 1.83 bits per heavy atom. The molecular weight excluding hydrogens is 222 g/mol. The smallest absolute Gasteiger partial charge is 0.0586 e. The Labute approximate surface area is 108 Å². The van der Waals surface area contributed by atoms with E-state index < -0.39 is 0 Å². The van der Waals surface area contributed by atoms with Crippen molar-refractivity contribution in [3.63, 3.8) is 0 Å². The second kappa shape index (κ2) is 4.38. The van der Waals surface area contributed by atoms with Crippen LogP contribution in [0.25, 0.3) is 10.8 Å². The van der Waals surface area contributed by atoms with Gasteiger partial charge in [0, 0.05) is 5.41 Å². The molecule has 0 aliphatic carbocycles. The first-order valence-corrected chi connectivity index (χ1v) is 6.52. The molecule has 0 radical (unpaired) electrons. The van der Waals surface area contributed by atoms with E-state index in [9.17, 15) is 0 Å². The Morgan fingerprint density at radius 1 is 1.11 bits per heavy atom. The maximum absolute atomic E-state index is 5.74. The summed E-state index contributed by atoms with van der Waals surface area (Å²) in [4.78, 5) is 0. The number of fused-ring (bicyclic) bond motifs is 1. The van der Waals surface area contributed by atoms with Gasteiger partial charge in [0.25, 0.3) is 0 Å². The summed E-state index contributed by atoms with van der Waals surface area (Å²) in [6.45, 7) is 4.46. The van der Waals surface area contributed by atoms with Crippen molar-refractivity contribution in [3.8, 4) is 0 Å². The lowest BCUT2D eigenvalue weighted by Gasteiger charge is -2.42. The maximum atomic E-state index is 5.74. The van der Waals surface area contributed by atoms with Gasteiger partial charge in [0.05, 0.1) is 13.2 Å². The normalized spacial score (nSPS) is 17.7. The molecule has 1 fully saturated rings. The lowest BCUT2D eigenvalue weighted by Crippen LogP contribution is -2.48. The maximum Gasteiger partial charge on any atom is 0.0586 e. The van der Waals surface area contributed by atoms with Gasteiger partial charge in [-0.1, -0.05) is 42.0 Å². The van der Waals surface area contributed by atoms with Crippen molar-refractivity contribution in [2.75, 3.05) is 19.8 Å². The molecule has 1 aliphatic heterocycles. The Kier molecular flexibility index (Phi) is 2.84. The fourth-order valence-electron chi connectivity index (χ4n) is 2.78. The Balaban J connectivity index is 2.05. The lowest BCUT2D eigenvalue weighted by molar-refractivity contribution is -0.0630. The SMILES string of the molecule is Cc1ccc2cc(C3(CCN)COC3)ccc2c1. The molecule has 94 valence electrons. The molecule has 2 aromatic rings. The van der Waals surface area contributed by atoms with E-state index in [1.54, 1.807) is 0 Å². The van der Waals surface area contributed by atoms with Crippen LogP contribution in [-0.4, -0.2) is 19.8 Å². The molecule has 2 heteroatoms. The van der Waals surface area contributed by atoms with Gasteiger partial charge in [0.2, 0.25) is 0 Å². The third-order valence-corrected chi connectivity index (χ3v) is 3.99. The minimum absolute atomic E-state index is 0.161. The van der Waals surface area contributed by atoms with Crippen LogP contribution in [0.5, 0.6) is 0 Å². The van der Waals surface area contributed by atoms with Crippen LogP contribution >= 0.6 is 0 Å². The monoisotopic (exact) mass is 241 g/mol. The zero-order chi connectivity index (χ0) is 12.6. The predicted molar refractivity (Wildman–Crippen MR) is 74.9 cm³/mol. The molecule has 0 aromatic heterocycles. The third kappa shape index (κ3) is 1.82. The molecule has 0 unspecified atom stereocenters. The molecule has 3 rings (SSSR count). The van der Waals surface area contributed by atoms with Gasteiger partial charge in [0.1, 0.15) is 0 Å². The van der Waals surface area contributed by atoms with Crippen molar-refractivity contribution in [2.45, 2.75) is 18.8 Å². The highest BCUT2D eigenvalue weighted by Gasteiger charge is 2.39. The molecule has 0 amide bonds. The van der Waals surface area contributed by atoms with Crippen molar-refractivity contribution in [1.29, 1.82) is 0 Å². The minimum atomic E-state index is 0.161. The van der Waals surface area contributed by atoms with Gasteiger partial charge >= 0.3 is 0 Å². The molecule has 2 N–H and O–H groups in total. The summed E-state index contributed by atoms with van der Waals surface area (Å²) >= 11 is 0. The van der Waals surface area contributed by atoms with Crippen molar-refractivity contribution in [1.82, 2.24) is 0 Å². The molecular formula is C16H19NO. The van der Waals surface area contributed by atoms with Crippen LogP contribution in [0.3, 0.4) is 0 Å². The summed E-state index contributed by atoms with van der Waals surface area (Å²) in [5.74, 6) is 0. The highest BCUT2D eigenvalue weighted by atomic mass is 16.5. The van der Waals surface area contributed by atoms with Crippen LogP contribution in [0.4, 0.5) is 0 Å². The van der Waals surface area contributed by atoms with Gasteiger partial charge in [-0.25, -0.2) is 0 Å². The second-order valence-corrected chi connectivity index (χ2v) is 5.38. The zero-order valence-electron chi connectivity index (χ0n) is 10.8. The first-order valence-electron chi connectivity index (χ1n) is 6.52. The van der Waals surface area contributed by atoms with Crippen molar-refractivity contribution in [2.24, 2.45) is 5.73 Å². The second-order valence-electron chi connectivity index (χ2n) is 5.38. The van der Waals surface area contributed by atoms with Crippen molar-refractivity contribution >= 4 is 10.8 Å². The number of hydrogen-bond donors (Lipinski definition) is 1. The van der Waals surface area contributed by atoms with E-state index in [1.807, 2.05) is 0 Å². The lowest BCUT2D eigenvalue weighted by atomic mass is 9.75. The highest BCUT2D eigenvalue weighted by Crippen LogP contribution is 2.36. The number of aryl methyl sites for hydroxylation is 1. The molecule has 2 aromatic carbocycles. The fourth-order valence-corrected chi connectivity index (χ4v) is 2.78. The van der Waals surface area contributed by atoms with Crippen LogP contribution in [0, 0.1) is 6.92 Å². The molecule has 1 saturated heterocycles. The van der Waals surface area contributed by atoms with Gasteiger partial charge in [-0.05, 0) is 36.2 Å². The topological polar surface area (TPSA) is 35.2 Å². The number of benzene rings is 2. The Morgan fingerprint density at radius 3 is 2.50 bits per heavy atom. The van der Waals surface area contributed by atoms with E-state index in [4.69, 9.17) is 10.5 Å². The van der Waals surface area contributed by atoms with Crippen LogP contribution in [0.2, 0.25) is 0 Å². The van der Waals surface area contributed by atoms with Gasteiger partial charge in [-0.3, -0.25) is 0 Å². The van der Waals surface area contributed by atoms with E-state index in [1.165, 1.54) is 21.9 Å². The van der Waals surface area contributed by atoms with Crippen LogP contribution in [0.1, 0.15) is 17.5 Å².